The number of rotatable bonds is 2. The van der Waals surface area contributed by atoms with E-state index in [1.165, 1.54) is 0 Å². The average molecular weight is 133 g/mol. The molecular weight excluding hydrogens is 127 g/mol. The van der Waals surface area contributed by atoms with Gasteiger partial charge in [-0.25, -0.2) is 0 Å². The predicted molar refractivity (Wildman–Crippen MR) is 28.5 cm³/mol. The molecule has 1 aliphatic rings. The van der Waals surface area contributed by atoms with Crippen molar-refractivity contribution in [1.29, 1.82) is 0 Å². The maximum absolute atomic E-state index is 9.89. The third kappa shape index (κ3) is 1.37. The van der Waals surface area contributed by atoms with Crippen molar-refractivity contribution >= 4 is 8.25 Å². The SMILES string of the molecule is O=[P+](O)OC1C=CC1. The first-order valence-electron chi connectivity index (χ1n) is 2.28. The Balaban J connectivity index is 2.20. The predicted octanol–water partition coefficient (Wildman–Crippen LogP) is 0.981. The summed E-state index contributed by atoms with van der Waals surface area (Å²) in [5.74, 6) is 0. The van der Waals surface area contributed by atoms with Crippen molar-refractivity contribution in [3.05, 3.63) is 12.2 Å². The summed E-state index contributed by atoms with van der Waals surface area (Å²) in [6.45, 7) is 0. The summed E-state index contributed by atoms with van der Waals surface area (Å²) in [7, 11) is -2.40. The minimum absolute atomic E-state index is 0.108. The molecule has 0 bridgehead atoms. The van der Waals surface area contributed by atoms with E-state index in [0.717, 1.165) is 6.42 Å². The van der Waals surface area contributed by atoms with Crippen LogP contribution < -0.4 is 0 Å². The van der Waals surface area contributed by atoms with Crippen molar-refractivity contribution in [2.24, 2.45) is 0 Å². The topological polar surface area (TPSA) is 46.5 Å². The second kappa shape index (κ2) is 2.35. The lowest BCUT2D eigenvalue weighted by Crippen LogP contribution is -2.10. The van der Waals surface area contributed by atoms with Crippen LogP contribution in [0.5, 0.6) is 0 Å². The molecule has 0 aromatic rings. The smallest absolute Gasteiger partial charge is 0.133 e. The second-order valence-electron chi connectivity index (χ2n) is 1.55. The van der Waals surface area contributed by atoms with E-state index in [0.29, 0.717) is 0 Å². The van der Waals surface area contributed by atoms with Crippen LogP contribution in [0.15, 0.2) is 12.2 Å². The molecule has 0 aromatic carbocycles. The summed E-state index contributed by atoms with van der Waals surface area (Å²) in [6.07, 6.45) is 4.30. The van der Waals surface area contributed by atoms with Crippen LogP contribution in [0.4, 0.5) is 0 Å². The Morgan fingerprint density at radius 2 is 2.50 bits per heavy atom. The van der Waals surface area contributed by atoms with E-state index in [-0.39, 0.29) is 6.10 Å². The fraction of sp³-hybridized carbons (Fsp3) is 0.500. The molecule has 8 heavy (non-hydrogen) atoms. The third-order valence-electron chi connectivity index (χ3n) is 0.945. The molecule has 3 nitrogen and oxygen atoms in total. The molecule has 1 rings (SSSR count). The highest BCUT2D eigenvalue weighted by Crippen LogP contribution is 2.24. The standard InChI is InChI=1S/C4H5O3P/c5-8(6)7-4-2-1-3-4/h1-2,4H,3H2/p+1. The maximum atomic E-state index is 9.89. The van der Waals surface area contributed by atoms with Crippen molar-refractivity contribution in [3.63, 3.8) is 0 Å². The highest BCUT2D eigenvalue weighted by molar-refractivity contribution is 7.32. The minimum Gasteiger partial charge on any atom is -0.133 e. The molecule has 2 unspecified atom stereocenters. The molecule has 0 heterocycles. The summed E-state index contributed by atoms with van der Waals surface area (Å²) in [4.78, 5) is 8.14. The fourth-order valence-electron chi connectivity index (χ4n) is 0.441. The summed E-state index contributed by atoms with van der Waals surface area (Å²) < 4.78 is 14.4. The van der Waals surface area contributed by atoms with E-state index in [2.05, 4.69) is 4.52 Å². The summed E-state index contributed by atoms with van der Waals surface area (Å²) in [5.41, 5.74) is 0. The lowest BCUT2D eigenvalue weighted by atomic mass is 10.1. The van der Waals surface area contributed by atoms with Crippen LogP contribution in [0, 0.1) is 0 Å². The lowest BCUT2D eigenvalue weighted by molar-refractivity contribution is 0.218. The van der Waals surface area contributed by atoms with Crippen LogP contribution in [-0.2, 0) is 9.09 Å². The first-order chi connectivity index (χ1) is 3.79. The van der Waals surface area contributed by atoms with E-state index in [1.807, 2.05) is 6.08 Å². The van der Waals surface area contributed by atoms with Crippen molar-refractivity contribution in [2.75, 3.05) is 0 Å². The Bertz CT molecular complexity index is 131. The van der Waals surface area contributed by atoms with Gasteiger partial charge in [-0.05, 0) is 0 Å². The van der Waals surface area contributed by atoms with Crippen molar-refractivity contribution in [3.8, 4) is 0 Å². The van der Waals surface area contributed by atoms with E-state index in [4.69, 9.17) is 4.89 Å². The van der Waals surface area contributed by atoms with Gasteiger partial charge in [-0.2, -0.15) is 0 Å². The van der Waals surface area contributed by atoms with E-state index >= 15 is 0 Å². The first-order valence-corrected chi connectivity index (χ1v) is 3.41. The van der Waals surface area contributed by atoms with Crippen LogP contribution in [-0.4, -0.2) is 11.0 Å². The van der Waals surface area contributed by atoms with Gasteiger partial charge in [0.05, 0.1) is 0 Å². The zero-order valence-corrected chi connectivity index (χ0v) is 5.04. The Hall–Kier alpha value is -0.240. The van der Waals surface area contributed by atoms with E-state index in [1.54, 1.807) is 6.08 Å². The Morgan fingerprint density at radius 1 is 1.88 bits per heavy atom. The van der Waals surface area contributed by atoms with Gasteiger partial charge in [0, 0.05) is 11.0 Å². The maximum Gasteiger partial charge on any atom is 0.695 e. The molecule has 0 saturated carbocycles. The first kappa shape index (κ1) is 5.89. The molecule has 0 fully saturated rings. The molecule has 2 atom stereocenters. The van der Waals surface area contributed by atoms with Gasteiger partial charge in [0.25, 0.3) is 0 Å². The summed E-state index contributed by atoms with van der Waals surface area (Å²) >= 11 is 0. The van der Waals surface area contributed by atoms with Gasteiger partial charge in [0.15, 0.2) is 0 Å². The van der Waals surface area contributed by atoms with Gasteiger partial charge in [-0.15, -0.1) is 9.42 Å². The van der Waals surface area contributed by atoms with E-state index < -0.39 is 8.25 Å². The van der Waals surface area contributed by atoms with Crippen molar-refractivity contribution in [1.82, 2.24) is 0 Å². The highest BCUT2D eigenvalue weighted by Gasteiger charge is 2.23. The largest absolute Gasteiger partial charge is 0.695 e. The molecule has 0 amide bonds. The molecule has 44 valence electrons. The Labute approximate surface area is 47.9 Å². The molecule has 0 aliphatic heterocycles. The van der Waals surface area contributed by atoms with Gasteiger partial charge in [-0.3, -0.25) is 0 Å². The average Bonchev–Trinajstić information content (AvgIpc) is 1.55. The third-order valence-corrected chi connectivity index (χ3v) is 1.40. The Kier molecular flexibility index (Phi) is 1.73. The quantitative estimate of drug-likeness (QED) is 0.451. The summed E-state index contributed by atoms with van der Waals surface area (Å²) in [6, 6.07) is 0. The van der Waals surface area contributed by atoms with Gasteiger partial charge < -0.3 is 0 Å². The van der Waals surface area contributed by atoms with Gasteiger partial charge in [0.1, 0.15) is 6.10 Å². The molecule has 0 aromatic heterocycles. The Morgan fingerprint density at radius 3 is 2.62 bits per heavy atom. The molecular formula is C4H6O3P+. The minimum atomic E-state index is -2.40. The number of hydrogen-bond acceptors (Lipinski definition) is 2. The molecule has 0 spiro atoms. The highest BCUT2D eigenvalue weighted by atomic mass is 31.1. The molecule has 0 saturated heterocycles. The van der Waals surface area contributed by atoms with Crippen molar-refractivity contribution < 1.29 is 14.0 Å². The second-order valence-corrected chi connectivity index (χ2v) is 2.23. The van der Waals surface area contributed by atoms with Crippen LogP contribution in [0.1, 0.15) is 6.42 Å². The number of hydrogen-bond donors (Lipinski definition) is 1. The molecule has 1 N–H and O–H groups in total. The van der Waals surface area contributed by atoms with Gasteiger partial charge >= 0.3 is 8.25 Å². The van der Waals surface area contributed by atoms with Gasteiger partial charge in [-0.1, -0.05) is 12.2 Å². The molecule has 1 aliphatic carbocycles. The van der Waals surface area contributed by atoms with E-state index in [9.17, 15) is 4.57 Å². The molecule has 4 heteroatoms. The van der Waals surface area contributed by atoms with Crippen LogP contribution >= 0.6 is 8.25 Å². The monoisotopic (exact) mass is 133 g/mol. The zero-order valence-electron chi connectivity index (χ0n) is 4.15. The lowest BCUT2D eigenvalue weighted by Gasteiger charge is -2.07. The fourth-order valence-corrected chi connectivity index (χ4v) is 0.829. The summed E-state index contributed by atoms with van der Waals surface area (Å²) in [5, 5.41) is 0. The molecule has 0 radical (unpaired) electrons. The van der Waals surface area contributed by atoms with Crippen molar-refractivity contribution in [2.45, 2.75) is 12.5 Å². The zero-order chi connectivity index (χ0) is 5.98. The van der Waals surface area contributed by atoms with Crippen LogP contribution in [0.3, 0.4) is 0 Å². The van der Waals surface area contributed by atoms with Crippen LogP contribution in [0.2, 0.25) is 0 Å². The van der Waals surface area contributed by atoms with Crippen LogP contribution in [0.25, 0.3) is 0 Å². The van der Waals surface area contributed by atoms with Gasteiger partial charge in [0.2, 0.25) is 0 Å². The normalized spacial score (nSPS) is 27.1.